The third kappa shape index (κ3) is 2.46. The van der Waals surface area contributed by atoms with E-state index in [2.05, 4.69) is 22.4 Å². The molecule has 1 aromatic heterocycles. The molecule has 0 unspecified atom stereocenters. The van der Waals surface area contributed by atoms with Crippen molar-refractivity contribution in [2.45, 2.75) is 58.0 Å². The first-order valence-corrected chi connectivity index (χ1v) is 7.89. The van der Waals surface area contributed by atoms with Crippen LogP contribution in [0.25, 0.3) is 0 Å². The maximum Gasteiger partial charge on any atom is 0.274 e. The fourth-order valence-corrected chi connectivity index (χ4v) is 3.50. The molecule has 5 heteroatoms. The van der Waals surface area contributed by atoms with Gasteiger partial charge in [0.2, 0.25) is 0 Å². The average Bonchev–Trinajstić information content (AvgIpc) is 2.93. The smallest absolute Gasteiger partial charge is 0.274 e. The SMILES string of the molecule is CCN(C(=O)c1n[nH]c2c1CNCC2)C1CCCCC1. The van der Waals surface area contributed by atoms with Crippen LogP contribution in [0.5, 0.6) is 0 Å². The molecule has 1 saturated carbocycles. The first-order chi connectivity index (χ1) is 9.81. The molecule has 0 bridgehead atoms. The Labute approximate surface area is 120 Å². The summed E-state index contributed by atoms with van der Waals surface area (Å²) >= 11 is 0. The summed E-state index contributed by atoms with van der Waals surface area (Å²) in [6.45, 7) is 4.57. The Hall–Kier alpha value is -1.36. The second-order valence-electron chi connectivity index (χ2n) is 5.84. The van der Waals surface area contributed by atoms with E-state index in [1.54, 1.807) is 0 Å². The Morgan fingerprint density at radius 1 is 1.35 bits per heavy atom. The Morgan fingerprint density at radius 3 is 2.90 bits per heavy atom. The van der Waals surface area contributed by atoms with Gasteiger partial charge in [0.15, 0.2) is 5.69 Å². The molecule has 0 aromatic carbocycles. The van der Waals surface area contributed by atoms with E-state index in [0.717, 1.165) is 50.2 Å². The van der Waals surface area contributed by atoms with Crippen LogP contribution in [0.4, 0.5) is 0 Å². The van der Waals surface area contributed by atoms with Crippen LogP contribution in [0.2, 0.25) is 0 Å². The van der Waals surface area contributed by atoms with Gasteiger partial charge < -0.3 is 10.2 Å². The quantitative estimate of drug-likeness (QED) is 0.885. The molecule has 1 aromatic rings. The van der Waals surface area contributed by atoms with Gasteiger partial charge in [0.05, 0.1) is 0 Å². The summed E-state index contributed by atoms with van der Waals surface area (Å²) in [4.78, 5) is 14.9. The lowest BCUT2D eigenvalue weighted by Gasteiger charge is -2.33. The Balaban J connectivity index is 1.81. The molecule has 110 valence electrons. The highest BCUT2D eigenvalue weighted by atomic mass is 16.2. The van der Waals surface area contributed by atoms with Crippen LogP contribution in [0, 0.1) is 0 Å². The molecule has 0 spiro atoms. The maximum absolute atomic E-state index is 12.8. The van der Waals surface area contributed by atoms with Crippen LogP contribution in [-0.4, -0.2) is 40.1 Å². The summed E-state index contributed by atoms with van der Waals surface area (Å²) in [5.74, 6) is 0.112. The number of fused-ring (bicyclic) bond motifs is 1. The molecular weight excluding hydrogens is 252 g/mol. The number of H-pyrrole nitrogens is 1. The zero-order chi connectivity index (χ0) is 13.9. The molecule has 0 saturated heterocycles. The number of aromatic nitrogens is 2. The van der Waals surface area contributed by atoms with E-state index in [9.17, 15) is 4.79 Å². The van der Waals surface area contributed by atoms with Crippen molar-refractivity contribution in [3.63, 3.8) is 0 Å². The van der Waals surface area contributed by atoms with Crippen molar-refractivity contribution in [2.24, 2.45) is 0 Å². The predicted octanol–water partition coefficient (Wildman–Crippen LogP) is 1.85. The van der Waals surface area contributed by atoms with Gasteiger partial charge in [-0.05, 0) is 19.8 Å². The third-order valence-corrected chi connectivity index (χ3v) is 4.63. The second-order valence-corrected chi connectivity index (χ2v) is 5.84. The topological polar surface area (TPSA) is 61.0 Å². The van der Waals surface area contributed by atoms with Gasteiger partial charge in [0.1, 0.15) is 0 Å². The van der Waals surface area contributed by atoms with Crippen LogP contribution in [0.1, 0.15) is 60.8 Å². The average molecular weight is 276 g/mol. The summed E-state index contributed by atoms with van der Waals surface area (Å²) in [6, 6.07) is 0.408. The van der Waals surface area contributed by atoms with Crippen LogP contribution in [-0.2, 0) is 13.0 Å². The minimum atomic E-state index is 0.112. The van der Waals surface area contributed by atoms with Crippen LogP contribution in [0.3, 0.4) is 0 Å². The highest BCUT2D eigenvalue weighted by Gasteiger charge is 2.29. The molecule has 3 rings (SSSR count). The van der Waals surface area contributed by atoms with Crippen LogP contribution in [0.15, 0.2) is 0 Å². The molecule has 1 aliphatic carbocycles. The largest absolute Gasteiger partial charge is 0.335 e. The molecule has 1 amide bonds. The van der Waals surface area contributed by atoms with E-state index >= 15 is 0 Å². The summed E-state index contributed by atoms with van der Waals surface area (Å²) in [5, 5.41) is 10.7. The Kier molecular flexibility index (Phi) is 4.05. The van der Waals surface area contributed by atoms with Crippen molar-refractivity contribution in [3.8, 4) is 0 Å². The van der Waals surface area contributed by atoms with Crippen LogP contribution >= 0.6 is 0 Å². The normalized spacial score (nSPS) is 19.6. The number of hydrogen-bond donors (Lipinski definition) is 2. The van der Waals surface area contributed by atoms with Crippen molar-refractivity contribution in [2.75, 3.05) is 13.1 Å². The van der Waals surface area contributed by atoms with Gasteiger partial charge in [-0.25, -0.2) is 0 Å². The van der Waals surface area contributed by atoms with Gasteiger partial charge >= 0.3 is 0 Å². The zero-order valence-electron chi connectivity index (χ0n) is 12.2. The standard InChI is InChI=1S/C15H24N4O/c1-2-19(11-6-4-3-5-7-11)15(20)14-12-10-16-9-8-13(12)17-18-14/h11,16H,2-10H2,1H3,(H,17,18). The highest BCUT2D eigenvalue weighted by Crippen LogP contribution is 2.25. The number of nitrogens with zero attached hydrogens (tertiary/aromatic N) is 2. The fraction of sp³-hybridized carbons (Fsp3) is 0.733. The summed E-state index contributed by atoms with van der Waals surface area (Å²) < 4.78 is 0. The van der Waals surface area contributed by atoms with Gasteiger partial charge in [-0.15, -0.1) is 0 Å². The van der Waals surface area contributed by atoms with E-state index in [4.69, 9.17) is 0 Å². The molecule has 20 heavy (non-hydrogen) atoms. The number of carbonyl (C=O) groups is 1. The first kappa shape index (κ1) is 13.6. The molecule has 2 N–H and O–H groups in total. The lowest BCUT2D eigenvalue weighted by molar-refractivity contribution is 0.0640. The molecule has 1 fully saturated rings. The van der Waals surface area contributed by atoms with Crippen molar-refractivity contribution in [1.29, 1.82) is 0 Å². The van der Waals surface area contributed by atoms with E-state index in [1.807, 2.05) is 4.90 Å². The van der Waals surface area contributed by atoms with E-state index in [0.29, 0.717) is 11.7 Å². The van der Waals surface area contributed by atoms with E-state index < -0.39 is 0 Å². The van der Waals surface area contributed by atoms with Gasteiger partial charge in [-0.3, -0.25) is 9.89 Å². The summed E-state index contributed by atoms with van der Waals surface area (Å²) in [7, 11) is 0. The predicted molar refractivity (Wildman–Crippen MR) is 77.6 cm³/mol. The van der Waals surface area contributed by atoms with Gasteiger partial charge in [0, 0.05) is 43.4 Å². The Morgan fingerprint density at radius 2 is 2.15 bits per heavy atom. The molecule has 0 radical (unpaired) electrons. The molecule has 5 nitrogen and oxygen atoms in total. The Bertz CT molecular complexity index is 476. The summed E-state index contributed by atoms with van der Waals surface area (Å²) in [6.07, 6.45) is 7.02. The number of hydrogen-bond acceptors (Lipinski definition) is 3. The lowest BCUT2D eigenvalue weighted by atomic mass is 9.93. The van der Waals surface area contributed by atoms with Gasteiger partial charge in [-0.1, -0.05) is 19.3 Å². The minimum Gasteiger partial charge on any atom is -0.335 e. The minimum absolute atomic E-state index is 0.112. The fourth-order valence-electron chi connectivity index (χ4n) is 3.50. The molecule has 2 aliphatic rings. The molecule has 0 atom stereocenters. The number of rotatable bonds is 3. The van der Waals surface area contributed by atoms with Crippen molar-refractivity contribution < 1.29 is 4.79 Å². The summed E-state index contributed by atoms with van der Waals surface area (Å²) in [5.41, 5.74) is 2.85. The third-order valence-electron chi connectivity index (χ3n) is 4.63. The number of amides is 1. The zero-order valence-corrected chi connectivity index (χ0v) is 12.2. The first-order valence-electron chi connectivity index (χ1n) is 7.89. The monoisotopic (exact) mass is 276 g/mol. The number of carbonyl (C=O) groups excluding carboxylic acids is 1. The molecule has 2 heterocycles. The maximum atomic E-state index is 12.8. The van der Waals surface area contributed by atoms with Crippen molar-refractivity contribution >= 4 is 5.91 Å². The van der Waals surface area contributed by atoms with Gasteiger partial charge in [0.25, 0.3) is 5.91 Å². The second kappa shape index (κ2) is 5.95. The van der Waals surface area contributed by atoms with Crippen LogP contribution < -0.4 is 5.32 Å². The molecular formula is C15H24N4O. The van der Waals surface area contributed by atoms with E-state index in [1.165, 1.54) is 19.3 Å². The number of aromatic amines is 1. The van der Waals surface area contributed by atoms with Gasteiger partial charge in [-0.2, -0.15) is 5.10 Å². The number of nitrogens with one attached hydrogen (secondary N) is 2. The molecule has 1 aliphatic heterocycles. The highest BCUT2D eigenvalue weighted by molar-refractivity contribution is 5.94. The van der Waals surface area contributed by atoms with Crippen molar-refractivity contribution in [3.05, 3.63) is 17.0 Å². The lowest BCUT2D eigenvalue weighted by Crippen LogP contribution is -2.42. The van der Waals surface area contributed by atoms with Crippen molar-refractivity contribution in [1.82, 2.24) is 20.4 Å². The van der Waals surface area contributed by atoms with E-state index in [-0.39, 0.29) is 5.91 Å².